The van der Waals surface area contributed by atoms with Crippen LogP contribution in [0.4, 0.5) is 4.39 Å². The van der Waals surface area contributed by atoms with Crippen LogP contribution in [0.25, 0.3) is 0 Å². The Morgan fingerprint density at radius 2 is 2.08 bits per heavy atom. The molecule has 0 spiro atoms. The topological polar surface area (TPSA) is 44.4 Å². The summed E-state index contributed by atoms with van der Waals surface area (Å²) in [4.78, 5) is 14.4. The molecule has 25 heavy (non-hydrogen) atoms. The third-order valence-corrected chi connectivity index (χ3v) is 4.59. The molecule has 0 radical (unpaired) electrons. The fourth-order valence-electron chi connectivity index (χ4n) is 3.02. The zero-order valence-electron chi connectivity index (χ0n) is 13.8. The van der Waals surface area contributed by atoms with Gasteiger partial charge in [0.2, 0.25) is 5.91 Å². The maximum Gasteiger partial charge on any atom is 0.234 e. The summed E-state index contributed by atoms with van der Waals surface area (Å²) in [5.41, 5.74) is 1.89. The van der Waals surface area contributed by atoms with Gasteiger partial charge < -0.3 is 10.6 Å². The molecule has 2 N–H and O–H groups in total. The predicted molar refractivity (Wildman–Crippen MR) is 96.9 cm³/mol. The molecule has 0 bridgehead atoms. The van der Waals surface area contributed by atoms with Gasteiger partial charge in [0, 0.05) is 37.2 Å². The highest BCUT2D eigenvalue weighted by Crippen LogP contribution is 2.22. The molecule has 4 nitrogen and oxygen atoms in total. The van der Waals surface area contributed by atoms with Crippen molar-refractivity contribution in [1.82, 2.24) is 15.5 Å². The first-order valence-electron chi connectivity index (χ1n) is 8.33. The van der Waals surface area contributed by atoms with Crippen LogP contribution in [0.15, 0.2) is 48.5 Å². The fourth-order valence-corrected chi connectivity index (χ4v) is 3.15. The van der Waals surface area contributed by atoms with E-state index in [0.29, 0.717) is 18.1 Å². The number of nitrogens with one attached hydrogen (secondary N) is 2. The zero-order valence-corrected chi connectivity index (χ0v) is 14.6. The lowest BCUT2D eigenvalue weighted by atomic mass is 10.0. The van der Waals surface area contributed by atoms with Crippen LogP contribution in [0.1, 0.15) is 17.2 Å². The van der Waals surface area contributed by atoms with Gasteiger partial charge in [-0.3, -0.25) is 9.69 Å². The van der Waals surface area contributed by atoms with Crippen LogP contribution in [0.3, 0.4) is 0 Å². The van der Waals surface area contributed by atoms with Gasteiger partial charge in [0.1, 0.15) is 5.82 Å². The lowest BCUT2D eigenvalue weighted by Gasteiger charge is -2.36. The number of hydrogen-bond donors (Lipinski definition) is 2. The Balaban J connectivity index is 1.59. The van der Waals surface area contributed by atoms with Crippen LogP contribution in [0, 0.1) is 5.82 Å². The normalized spacial score (nSPS) is 18.1. The van der Waals surface area contributed by atoms with Crippen molar-refractivity contribution in [2.45, 2.75) is 12.6 Å². The summed E-state index contributed by atoms with van der Waals surface area (Å²) in [5.74, 6) is -0.298. The molecular formula is C19H21ClFN3O. The van der Waals surface area contributed by atoms with Crippen molar-refractivity contribution in [3.63, 3.8) is 0 Å². The van der Waals surface area contributed by atoms with Gasteiger partial charge in [0.05, 0.1) is 6.54 Å². The lowest BCUT2D eigenvalue weighted by molar-refractivity contribution is -0.123. The van der Waals surface area contributed by atoms with Gasteiger partial charge in [0.15, 0.2) is 0 Å². The molecule has 1 fully saturated rings. The second kappa shape index (κ2) is 8.43. The first-order chi connectivity index (χ1) is 12.1. The van der Waals surface area contributed by atoms with E-state index in [2.05, 4.69) is 15.5 Å². The van der Waals surface area contributed by atoms with Gasteiger partial charge in [-0.15, -0.1) is 0 Å². The minimum atomic E-state index is -0.254. The van der Waals surface area contributed by atoms with E-state index in [4.69, 9.17) is 11.6 Å². The molecule has 2 aromatic carbocycles. The van der Waals surface area contributed by atoms with Gasteiger partial charge in [-0.1, -0.05) is 35.9 Å². The maximum atomic E-state index is 13.5. The Bertz CT molecular complexity index is 723. The molecule has 1 atom stereocenters. The van der Waals surface area contributed by atoms with Gasteiger partial charge in [-0.2, -0.15) is 0 Å². The van der Waals surface area contributed by atoms with Crippen LogP contribution >= 0.6 is 11.6 Å². The standard InChI is InChI=1S/C19H21ClFN3O/c20-16-6-4-14(5-7-16)11-23-19(25)13-24-9-8-22-12-18(24)15-2-1-3-17(21)10-15/h1-7,10,18,22H,8-9,11-13H2,(H,23,25). The molecule has 1 aliphatic heterocycles. The highest BCUT2D eigenvalue weighted by molar-refractivity contribution is 6.30. The molecular weight excluding hydrogens is 341 g/mol. The third-order valence-electron chi connectivity index (χ3n) is 4.34. The molecule has 2 aromatic rings. The van der Waals surface area contributed by atoms with Crippen LogP contribution in [0.5, 0.6) is 0 Å². The summed E-state index contributed by atoms with van der Waals surface area (Å²) < 4.78 is 13.5. The largest absolute Gasteiger partial charge is 0.351 e. The van der Waals surface area contributed by atoms with E-state index >= 15 is 0 Å². The van der Waals surface area contributed by atoms with E-state index < -0.39 is 0 Å². The SMILES string of the molecule is O=C(CN1CCNCC1c1cccc(F)c1)NCc1ccc(Cl)cc1. The van der Waals surface area contributed by atoms with Crippen molar-refractivity contribution in [3.05, 3.63) is 70.5 Å². The molecule has 1 saturated heterocycles. The minimum Gasteiger partial charge on any atom is -0.351 e. The number of carbonyl (C=O) groups excluding carboxylic acids is 1. The molecule has 1 aliphatic rings. The van der Waals surface area contributed by atoms with Crippen LogP contribution in [-0.2, 0) is 11.3 Å². The van der Waals surface area contributed by atoms with Crippen molar-refractivity contribution in [2.24, 2.45) is 0 Å². The number of piperazine rings is 1. The van der Waals surface area contributed by atoms with Crippen LogP contribution in [0.2, 0.25) is 5.02 Å². The first kappa shape index (κ1) is 17.9. The summed E-state index contributed by atoms with van der Waals surface area (Å²) >= 11 is 5.86. The Kier molecular flexibility index (Phi) is 6.02. The van der Waals surface area contributed by atoms with Gasteiger partial charge >= 0.3 is 0 Å². The molecule has 0 aromatic heterocycles. The summed E-state index contributed by atoms with van der Waals surface area (Å²) in [6, 6.07) is 14.0. The van der Waals surface area contributed by atoms with E-state index in [9.17, 15) is 9.18 Å². The number of rotatable bonds is 5. The molecule has 1 unspecified atom stereocenters. The monoisotopic (exact) mass is 361 g/mol. The van der Waals surface area contributed by atoms with E-state index in [1.165, 1.54) is 12.1 Å². The third kappa shape index (κ3) is 5.01. The Morgan fingerprint density at radius 1 is 1.28 bits per heavy atom. The second-order valence-electron chi connectivity index (χ2n) is 6.15. The van der Waals surface area contributed by atoms with Crippen molar-refractivity contribution in [2.75, 3.05) is 26.2 Å². The minimum absolute atomic E-state index is 0.00858. The number of amides is 1. The lowest BCUT2D eigenvalue weighted by Crippen LogP contribution is -2.49. The summed E-state index contributed by atoms with van der Waals surface area (Å²) in [5, 5.41) is 6.92. The van der Waals surface area contributed by atoms with Crippen LogP contribution in [-0.4, -0.2) is 37.0 Å². The summed E-state index contributed by atoms with van der Waals surface area (Å²) in [7, 11) is 0. The molecule has 132 valence electrons. The van der Waals surface area contributed by atoms with Crippen molar-refractivity contribution in [1.29, 1.82) is 0 Å². The molecule has 0 saturated carbocycles. The number of benzene rings is 2. The summed E-state index contributed by atoms with van der Waals surface area (Å²) in [6.45, 7) is 3.02. The number of halogens is 2. The smallest absolute Gasteiger partial charge is 0.234 e. The predicted octanol–water partition coefficient (Wildman–Crippen LogP) is 2.74. The number of nitrogens with zero attached hydrogens (tertiary/aromatic N) is 1. The highest BCUT2D eigenvalue weighted by Gasteiger charge is 2.25. The molecule has 6 heteroatoms. The fraction of sp³-hybridized carbons (Fsp3) is 0.316. The first-order valence-corrected chi connectivity index (χ1v) is 8.71. The Labute approximate surface area is 152 Å². The van der Waals surface area contributed by atoms with Crippen LogP contribution < -0.4 is 10.6 Å². The summed E-state index contributed by atoms with van der Waals surface area (Å²) in [6.07, 6.45) is 0. The van der Waals surface area contributed by atoms with E-state index in [1.807, 2.05) is 18.2 Å². The van der Waals surface area contributed by atoms with Gasteiger partial charge in [-0.25, -0.2) is 4.39 Å². The number of hydrogen-bond acceptors (Lipinski definition) is 3. The number of carbonyl (C=O) groups is 1. The average Bonchev–Trinajstić information content (AvgIpc) is 2.62. The van der Waals surface area contributed by atoms with E-state index in [-0.39, 0.29) is 24.3 Å². The Hall–Kier alpha value is -1.95. The molecule has 0 aliphatic carbocycles. The van der Waals surface area contributed by atoms with Gasteiger partial charge in [-0.05, 0) is 35.4 Å². The highest BCUT2D eigenvalue weighted by atomic mass is 35.5. The van der Waals surface area contributed by atoms with Gasteiger partial charge in [0.25, 0.3) is 0 Å². The Morgan fingerprint density at radius 3 is 2.84 bits per heavy atom. The molecule has 3 rings (SSSR count). The molecule has 1 heterocycles. The quantitative estimate of drug-likeness (QED) is 0.860. The van der Waals surface area contributed by atoms with Crippen molar-refractivity contribution in [3.8, 4) is 0 Å². The maximum absolute atomic E-state index is 13.5. The zero-order chi connectivity index (χ0) is 17.6. The van der Waals surface area contributed by atoms with E-state index in [1.54, 1.807) is 18.2 Å². The van der Waals surface area contributed by atoms with E-state index in [0.717, 1.165) is 24.2 Å². The molecule has 1 amide bonds. The van der Waals surface area contributed by atoms with Crippen molar-refractivity contribution >= 4 is 17.5 Å². The second-order valence-corrected chi connectivity index (χ2v) is 6.59. The average molecular weight is 362 g/mol. The van der Waals surface area contributed by atoms with Crippen molar-refractivity contribution < 1.29 is 9.18 Å².